The summed E-state index contributed by atoms with van der Waals surface area (Å²) in [6.45, 7) is 0.478. The molecule has 2 amide bonds. The van der Waals surface area contributed by atoms with Gasteiger partial charge in [-0.2, -0.15) is 0 Å². The van der Waals surface area contributed by atoms with Crippen LogP contribution >= 0.6 is 11.6 Å². The highest BCUT2D eigenvalue weighted by molar-refractivity contribution is 6.30. The lowest BCUT2D eigenvalue weighted by molar-refractivity contribution is -0.121. The standard InChI is InChI=1S/C24H21ClN2O3/c25-20-10-12-21(13-11-20)26-23(28)22-14-18-8-4-5-9-19(18)15-27(22)24(29)30-16-17-6-2-1-3-7-17/h1-13,22H,14-16H2,(H,26,28)/t22-/m0/s1. The van der Waals surface area contributed by atoms with Gasteiger partial charge in [0.2, 0.25) is 5.91 Å². The van der Waals surface area contributed by atoms with Gasteiger partial charge < -0.3 is 10.1 Å². The van der Waals surface area contributed by atoms with Crippen molar-refractivity contribution in [2.24, 2.45) is 0 Å². The SMILES string of the molecule is O=C(Nc1ccc(Cl)cc1)[C@@H]1Cc2ccccc2CN1C(=O)OCc1ccccc1. The van der Waals surface area contributed by atoms with Crippen LogP contribution < -0.4 is 5.32 Å². The van der Waals surface area contributed by atoms with Crippen LogP contribution in [0.4, 0.5) is 10.5 Å². The van der Waals surface area contributed by atoms with Crippen LogP contribution in [0, 0.1) is 0 Å². The number of carbonyl (C=O) groups is 2. The molecule has 1 heterocycles. The predicted octanol–water partition coefficient (Wildman–Crippen LogP) is 5.04. The van der Waals surface area contributed by atoms with Gasteiger partial charge in [0.1, 0.15) is 12.6 Å². The molecule has 0 saturated carbocycles. The monoisotopic (exact) mass is 420 g/mol. The molecule has 6 heteroatoms. The second kappa shape index (κ2) is 9.01. The molecule has 3 aromatic rings. The fraction of sp³-hybridized carbons (Fsp3) is 0.167. The van der Waals surface area contributed by atoms with Crippen molar-refractivity contribution in [1.29, 1.82) is 0 Å². The minimum atomic E-state index is -0.668. The number of hydrogen-bond acceptors (Lipinski definition) is 3. The van der Waals surface area contributed by atoms with Crippen molar-refractivity contribution in [2.75, 3.05) is 5.32 Å². The third-order valence-electron chi connectivity index (χ3n) is 5.10. The molecule has 0 saturated heterocycles. The first-order chi connectivity index (χ1) is 14.6. The molecule has 3 aromatic carbocycles. The summed E-state index contributed by atoms with van der Waals surface area (Å²) in [5.74, 6) is -0.261. The Morgan fingerprint density at radius 1 is 0.933 bits per heavy atom. The molecular weight excluding hydrogens is 400 g/mol. The van der Waals surface area contributed by atoms with Gasteiger partial charge in [0.05, 0.1) is 6.54 Å². The molecule has 1 aliphatic heterocycles. The molecule has 1 N–H and O–H groups in total. The highest BCUT2D eigenvalue weighted by atomic mass is 35.5. The van der Waals surface area contributed by atoms with E-state index in [2.05, 4.69) is 5.32 Å². The average Bonchev–Trinajstić information content (AvgIpc) is 2.78. The second-order valence-corrected chi connectivity index (χ2v) is 7.59. The van der Waals surface area contributed by atoms with Crippen LogP contribution in [0.25, 0.3) is 0 Å². The third kappa shape index (κ3) is 4.63. The minimum Gasteiger partial charge on any atom is -0.445 e. The molecule has 1 atom stereocenters. The maximum Gasteiger partial charge on any atom is 0.411 e. The summed E-state index contributed by atoms with van der Waals surface area (Å²) in [7, 11) is 0. The summed E-state index contributed by atoms with van der Waals surface area (Å²) < 4.78 is 5.52. The van der Waals surface area contributed by atoms with Gasteiger partial charge >= 0.3 is 6.09 Å². The van der Waals surface area contributed by atoms with Crippen molar-refractivity contribution in [1.82, 2.24) is 4.90 Å². The lowest BCUT2D eigenvalue weighted by Crippen LogP contribution is -2.50. The van der Waals surface area contributed by atoms with E-state index >= 15 is 0 Å². The maximum atomic E-state index is 13.1. The number of anilines is 1. The zero-order valence-electron chi connectivity index (χ0n) is 16.3. The molecule has 152 valence electrons. The van der Waals surface area contributed by atoms with Crippen molar-refractivity contribution in [3.05, 3.63) is 101 Å². The van der Waals surface area contributed by atoms with Gasteiger partial charge in [-0.1, -0.05) is 66.2 Å². The van der Waals surface area contributed by atoms with Crippen molar-refractivity contribution >= 4 is 29.3 Å². The second-order valence-electron chi connectivity index (χ2n) is 7.15. The number of amides is 2. The molecule has 0 fully saturated rings. The van der Waals surface area contributed by atoms with E-state index in [1.807, 2.05) is 54.6 Å². The lowest BCUT2D eigenvalue weighted by atomic mass is 9.94. The molecule has 0 aliphatic carbocycles. The largest absolute Gasteiger partial charge is 0.445 e. The quantitative estimate of drug-likeness (QED) is 0.643. The van der Waals surface area contributed by atoms with Gasteiger partial charge in [0.15, 0.2) is 0 Å². The first-order valence-electron chi connectivity index (χ1n) is 9.71. The molecule has 0 bridgehead atoms. The highest BCUT2D eigenvalue weighted by Crippen LogP contribution is 2.25. The maximum absolute atomic E-state index is 13.1. The number of benzene rings is 3. The first-order valence-corrected chi connectivity index (χ1v) is 10.1. The molecule has 0 aromatic heterocycles. The zero-order chi connectivity index (χ0) is 20.9. The van der Waals surface area contributed by atoms with Crippen molar-refractivity contribution in [2.45, 2.75) is 25.6 Å². The van der Waals surface area contributed by atoms with E-state index in [1.54, 1.807) is 24.3 Å². The van der Waals surface area contributed by atoms with Crippen LogP contribution in [0.15, 0.2) is 78.9 Å². The number of nitrogens with one attached hydrogen (secondary N) is 1. The lowest BCUT2D eigenvalue weighted by Gasteiger charge is -2.35. The molecule has 0 radical (unpaired) electrons. The topological polar surface area (TPSA) is 58.6 Å². The van der Waals surface area contributed by atoms with Crippen molar-refractivity contribution < 1.29 is 14.3 Å². The molecule has 0 spiro atoms. The highest BCUT2D eigenvalue weighted by Gasteiger charge is 2.35. The summed E-state index contributed by atoms with van der Waals surface area (Å²) in [6.07, 6.45) is -0.0830. The van der Waals surface area contributed by atoms with Crippen molar-refractivity contribution in [3.8, 4) is 0 Å². The van der Waals surface area contributed by atoms with Gasteiger partial charge in [-0.3, -0.25) is 9.69 Å². The summed E-state index contributed by atoms with van der Waals surface area (Å²) in [5, 5.41) is 3.47. The van der Waals surface area contributed by atoms with Gasteiger partial charge in [0.25, 0.3) is 0 Å². The average molecular weight is 421 g/mol. The van der Waals surface area contributed by atoms with E-state index < -0.39 is 12.1 Å². The number of rotatable bonds is 4. The fourth-order valence-electron chi connectivity index (χ4n) is 3.51. The summed E-state index contributed by atoms with van der Waals surface area (Å²) in [5.41, 5.74) is 3.59. The Morgan fingerprint density at radius 2 is 1.60 bits per heavy atom. The van der Waals surface area contributed by atoms with E-state index in [0.29, 0.717) is 23.7 Å². The third-order valence-corrected chi connectivity index (χ3v) is 5.35. The Kier molecular flexibility index (Phi) is 6.00. The van der Waals surface area contributed by atoms with Crippen LogP contribution in [0.2, 0.25) is 5.02 Å². The molecule has 30 heavy (non-hydrogen) atoms. The fourth-order valence-corrected chi connectivity index (χ4v) is 3.64. The number of fused-ring (bicyclic) bond motifs is 1. The Balaban J connectivity index is 1.52. The van der Waals surface area contributed by atoms with E-state index in [1.165, 1.54) is 4.90 Å². The van der Waals surface area contributed by atoms with E-state index in [9.17, 15) is 9.59 Å². The zero-order valence-corrected chi connectivity index (χ0v) is 17.0. The first kappa shape index (κ1) is 20.0. The summed E-state index contributed by atoms with van der Waals surface area (Å²) >= 11 is 5.92. The van der Waals surface area contributed by atoms with Crippen LogP contribution in [0.5, 0.6) is 0 Å². The van der Waals surface area contributed by atoms with E-state index in [0.717, 1.165) is 16.7 Å². The van der Waals surface area contributed by atoms with Gasteiger partial charge in [-0.05, 0) is 41.0 Å². The number of hydrogen-bond donors (Lipinski definition) is 1. The molecule has 4 rings (SSSR count). The molecule has 5 nitrogen and oxygen atoms in total. The van der Waals surface area contributed by atoms with Crippen LogP contribution in [0.3, 0.4) is 0 Å². The van der Waals surface area contributed by atoms with Crippen LogP contribution in [-0.2, 0) is 29.1 Å². The smallest absolute Gasteiger partial charge is 0.411 e. The Hall–Kier alpha value is -3.31. The Labute approximate surface area is 180 Å². The summed E-state index contributed by atoms with van der Waals surface area (Å²) in [4.78, 5) is 27.5. The molecule has 1 aliphatic rings. The minimum absolute atomic E-state index is 0.156. The van der Waals surface area contributed by atoms with Gasteiger partial charge in [0, 0.05) is 17.1 Å². The Bertz CT molecular complexity index is 1040. The van der Waals surface area contributed by atoms with Crippen molar-refractivity contribution in [3.63, 3.8) is 0 Å². The van der Waals surface area contributed by atoms with E-state index in [-0.39, 0.29) is 12.5 Å². The number of ether oxygens (including phenoxy) is 1. The number of carbonyl (C=O) groups excluding carboxylic acids is 2. The van der Waals surface area contributed by atoms with E-state index in [4.69, 9.17) is 16.3 Å². The van der Waals surface area contributed by atoms with Crippen LogP contribution in [0.1, 0.15) is 16.7 Å². The van der Waals surface area contributed by atoms with Gasteiger partial charge in [-0.15, -0.1) is 0 Å². The van der Waals surface area contributed by atoms with Gasteiger partial charge in [-0.25, -0.2) is 4.79 Å². The Morgan fingerprint density at radius 3 is 2.33 bits per heavy atom. The molecule has 0 unspecified atom stereocenters. The predicted molar refractivity (Wildman–Crippen MR) is 116 cm³/mol. The normalized spacial score (nSPS) is 15.2. The molecular formula is C24H21ClN2O3. The number of nitrogens with zero attached hydrogens (tertiary/aromatic N) is 1. The number of halogens is 1. The summed E-state index contributed by atoms with van der Waals surface area (Å²) in [6, 6.07) is 23.5. The van der Waals surface area contributed by atoms with Crippen LogP contribution in [-0.4, -0.2) is 22.9 Å².